The summed E-state index contributed by atoms with van der Waals surface area (Å²) in [7, 11) is 0. The van der Waals surface area contributed by atoms with Crippen LogP contribution in [0.1, 0.15) is 20.6 Å². The van der Waals surface area contributed by atoms with Gasteiger partial charge in [-0.1, -0.05) is 41.9 Å². The number of thiophene rings is 1. The highest BCUT2D eigenvalue weighted by molar-refractivity contribution is 7.12. The van der Waals surface area contributed by atoms with E-state index in [1.807, 2.05) is 30.3 Å². The number of hydrogen-bond donors (Lipinski definition) is 1. The molecule has 0 saturated heterocycles. The Hall–Kier alpha value is -1.03. The van der Waals surface area contributed by atoms with Crippen molar-refractivity contribution in [3.05, 3.63) is 57.2 Å². The number of benzene rings is 1. The van der Waals surface area contributed by atoms with Gasteiger partial charge >= 0.3 is 0 Å². The fourth-order valence-electron chi connectivity index (χ4n) is 1.50. The first-order valence-corrected chi connectivity index (χ1v) is 7.08. The Morgan fingerprint density at radius 1 is 1.28 bits per heavy atom. The van der Waals surface area contributed by atoms with Crippen LogP contribution in [0.25, 0.3) is 0 Å². The van der Waals surface area contributed by atoms with E-state index in [-0.39, 0.29) is 11.3 Å². The zero-order valence-corrected chi connectivity index (χ0v) is 11.7. The van der Waals surface area contributed by atoms with Crippen molar-refractivity contribution in [3.8, 4) is 0 Å². The number of carbonyl (C=O) groups excluding carboxylic acids is 1. The van der Waals surface area contributed by atoms with Crippen LogP contribution in [0.5, 0.6) is 0 Å². The van der Waals surface area contributed by atoms with Gasteiger partial charge in [0, 0.05) is 6.54 Å². The second-order valence-electron chi connectivity index (χ2n) is 3.69. The smallest absolute Gasteiger partial charge is 0.262 e. The van der Waals surface area contributed by atoms with Gasteiger partial charge in [0.25, 0.3) is 5.91 Å². The molecule has 2 aromatic rings. The molecule has 0 fully saturated rings. The lowest BCUT2D eigenvalue weighted by atomic mass is 10.1. The minimum Gasteiger partial charge on any atom is -0.349 e. The average Bonchev–Trinajstić information content (AvgIpc) is 2.83. The minimum absolute atomic E-state index is 0.184. The predicted molar refractivity (Wildman–Crippen MR) is 76.7 cm³/mol. The first kappa shape index (κ1) is 13.4. The quantitative estimate of drug-likeness (QED) is 0.846. The van der Waals surface area contributed by atoms with Crippen LogP contribution in [0.3, 0.4) is 0 Å². The summed E-state index contributed by atoms with van der Waals surface area (Å²) in [5.74, 6) is -0.184. The standard InChI is InChI=1S/C13H11Cl2NOS/c14-10-6-7-18-12(10)13(17)16-8-11(15)9-4-2-1-3-5-9/h1-7,11H,8H2,(H,16,17). The Labute approximate surface area is 120 Å². The highest BCUT2D eigenvalue weighted by Crippen LogP contribution is 2.23. The van der Waals surface area contributed by atoms with Crippen LogP contribution < -0.4 is 5.32 Å². The zero-order chi connectivity index (χ0) is 13.0. The lowest BCUT2D eigenvalue weighted by Gasteiger charge is -2.10. The second kappa shape index (κ2) is 6.23. The third-order valence-electron chi connectivity index (χ3n) is 2.43. The van der Waals surface area contributed by atoms with Crippen molar-refractivity contribution in [1.29, 1.82) is 0 Å². The Kier molecular flexibility index (Phi) is 4.64. The maximum absolute atomic E-state index is 11.8. The van der Waals surface area contributed by atoms with Crippen LogP contribution in [0.2, 0.25) is 5.02 Å². The van der Waals surface area contributed by atoms with Gasteiger partial charge in [-0.05, 0) is 17.0 Å². The van der Waals surface area contributed by atoms with Gasteiger partial charge in [0.1, 0.15) is 4.88 Å². The summed E-state index contributed by atoms with van der Waals surface area (Å²) in [5.41, 5.74) is 0.983. The van der Waals surface area contributed by atoms with Gasteiger partial charge in [-0.25, -0.2) is 0 Å². The van der Waals surface area contributed by atoms with Crippen molar-refractivity contribution in [1.82, 2.24) is 5.32 Å². The van der Waals surface area contributed by atoms with Crippen molar-refractivity contribution < 1.29 is 4.79 Å². The van der Waals surface area contributed by atoms with Gasteiger partial charge < -0.3 is 5.32 Å². The van der Waals surface area contributed by atoms with Crippen molar-refractivity contribution in [2.24, 2.45) is 0 Å². The van der Waals surface area contributed by atoms with Crippen molar-refractivity contribution in [2.45, 2.75) is 5.38 Å². The molecule has 2 nitrogen and oxygen atoms in total. The number of carbonyl (C=O) groups is 1. The van der Waals surface area contributed by atoms with Crippen LogP contribution in [0, 0.1) is 0 Å². The number of halogens is 2. The Bertz CT molecular complexity index is 527. The normalized spacial score (nSPS) is 12.1. The van der Waals surface area contributed by atoms with Crippen molar-refractivity contribution in [3.63, 3.8) is 0 Å². The monoisotopic (exact) mass is 299 g/mol. The van der Waals surface area contributed by atoms with E-state index in [4.69, 9.17) is 23.2 Å². The van der Waals surface area contributed by atoms with Crippen molar-refractivity contribution >= 4 is 40.4 Å². The maximum atomic E-state index is 11.8. The number of alkyl halides is 1. The van der Waals surface area contributed by atoms with Crippen LogP contribution >= 0.6 is 34.5 Å². The lowest BCUT2D eigenvalue weighted by Crippen LogP contribution is -2.26. The fourth-order valence-corrected chi connectivity index (χ4v) is 2.78. The van der Waals surface area contributed by atoms with E-state index in [0.29, 0.717) is 16.4 Å². The van der Waals surface area contributed by atoms with E-state index in [2.05, 4.69) is 5.32 Å². The lowest BCUT2D eigenvalue weighted by molar-refractivity contribution is 0.0958. The van der Waals surface area contributed by atoms with Crippen LogP contribution in [0.15, 0.2) is 41.8 Å². The molecule has 1 amide bonds. The molecule has 94 valence electrons. The van der Waals surface area contributed by atoms with E-state index < -0.39 is 0 Å². The van der Waals surface area contributed by atoms with Gasteiger partial charge in [0.15, 0.2) is 0 Å². The molecule has 0 aliphatic rings. The largest absolute Gasteiger partial charge is 0.349 e. The summed E-state index contributed by atoms with van der Waals surface area (Å²) >= 11 is 13.4. The van der Waals surface area contributed by atoms with E-state index >= 15 is 0 Å². The van der Waals surface area contributed by atoms with Crippen molar-refractivity contribution in [2.75, 3.05) is 6.54 Å². The van der Waals surface area contributed by atoms with E-state index in [9.17, 15) is 4.79 Å². The van der Waals surface area contributed by atoms with E-state index in [1.54, 1.807) is 11.4 Å². The van der Waals surface area contributed by atoms with Gasteiger partial charge in [-0.3, -0.25) is 4.79 Å². The molecule has 0 saturated carbocycles. The number of amides is 1. The van der Waals surface area contributed by atoms with Crippen LogP contribution in [0.4, 0.5) is 0 Å². The van der Waals surface area contributed by atoms with Gasteiger partial charge in [0.05, 0.1) is 10.4 Å². The van der Waals surface area contributed by atoms with Crippen LogP contribution in [-0.4, -0.2) is 12.5 Å². The Morgan fingerprint density at radius 3 is 2.61 bits per heavy atom. The zero-order valence-electron chi connectivity index (χ0n) is 9.40. The Balaban J connectivity index is 1.93. The molecule has 1 aromatic carbocycles. The summed E-state index contributed by atoms with van der Waals surface area (Å²) in [6.45, 7) is 0.374. The van der Waals surface area contributed by atoms with Gasteiger partial charge in [-0.15, -0.1) is 22.9 Å². The topological polar surface area (TPSA) is 29.1 Å². The first-order valence-electron chi connectivity index (χ1n) is 5.38. The molecular formula is C13H11Cl2NOS. The molecule has 1 atom stereocenters. The molecule has 1 heterocycles. The summed E-state index contributed by atoms with van der Waals surface area (Å²) in [6.07, 6.45) is 0. The third kappa shape index (κ3) is 3.25. The third-order valence-corrected chi connectivity index (χ3v) is 4.17. The first-order chi connectivity index (χ1) is 8.68. The number of rotatable bonds is 4. The molecule has 5 heteroatoms. The molecule has 0 aliphatic carbocycles. The molecule has 0 spiro atoms. The second-order valence-corrected chi connectivity index (χ2v) is 5.54. The predicted octanol–water partition coefficient (Wildman–Crippen LogP) is 4.11. The molecule has 1 unspecified atom stereocenters. The summed E-state index contributed by atoms with van der Waals surface area (Å²) in [6, 6.07) is 11.3. The van der Waals surface area contributed by atoms with Gasteiger partial charge in [-0.2, -0.15) is 0 Å². The summed E-state index contributed by atoms with van der Waals surface area (Å²) in [4.78, 5) is 12.3. The Morgan fingerprint density at radius 2 is 2.00 bits per heavy atom. The molecule has 1 N–H and O–H groups in total. The highest BCUT2D eigenvalue weighted by atomic mass is 35.5. The number of nitrogens with one attached hydrogen (secondary N) is 1. The molecule has 0 aliphatic heterocycles. The molecule has 0 radical (unpaired) electrons. The van der Waals surface area contributed by atoms with Gasteiger partial charge in [0.2, 0.25) is 0 Å². The molecule has 0 bridgehead atoms. The SMILES string of the molecule is O=C(NCC(Cl)c1ccccc1)c1sccc1Cl. The average molecular weight is 300 g/mol. The van der Waals surface area contributed by atoms with E-state index in [1.165, 1.54) is 11.3 Å². The molecular weight excluding hydrogens is 289 g/mol. The minimum atomic E-state index is -0.242. The van der Waals surface area contributed by atoms with E-state index in [0.717, 1.165) is 5.56 Å². The molecule has 1 aromatic heterocycles. The van der Waals surface area contributed by atoms with Crippen LogP contribution in [-0.2, 0) is 0 Å². The number of hydrogen-bond acceptors (Lipinski definition) is 2. The summed E-state index contributed by atoms with van der Waals surface area (Å²) < 4.78 is 0. The molecule has 2 rings (SSSR count). The fraction of sp³-hybridized carbons (Fsp3) is 0.154. The molecule has 18 heavy (non-hydrogen) atoms. The maximum Gasteiger partial charge on any atom is 0.262 e. The summed E-state index contributed by atoms with van der Waals surface area (Å²) in [5, 5.41) is 4.80. The highest BCUT2D eigenvalue weighted by Gasteiger charge is 2.14.